The van der Waals surface area contributed by atoms with Gasteiger partial charge in [0.2, 0.25) is 0 Å². The zero-order chi connectivity index (χ0) is 16.8. The molecule has 0 bridgehead atoms. The van der Waals surface area contributed by atoms with Gasteiger partial charge >= 0.3 is 11.9 Å². The molecule has 2 N–H and O–H groups in total. The van der Waals surface area contributed by atoms with E-state index in [0.29, 0.717) is 0 Å². The highest BCUT2D eigenvalue weighted by atomic mass is 32.2. The molecule has 0 aliphatic heterocycles. The van der Waals surface area contributed by atoms with Crippen LogP contribution in [0.1, 0.15) is 46.5 Å². The van der Waals surface area contributed by atoms with Gasteiger partial charge in [-0.25, -0.2) is 4.79 Å². The van der Waals surface area contributed by atoms with Gasteiger partial charge in [0.1, 0.15) is 0 Å². The zero-order valence-corrected chi connectivity index (χ0v) is 15.2. The Labute approximate surface area is 142 Å². The second-order valence-corrected chi connectivity index (χ2v) is 8.90. The van der Waals surface area contributed by atoms with Crippen LogP contribution >= 0.6 is 37.9 Å². The smallest absolute Gasteiger partial charge is 0.330 e. The molecule has 0 heterocycles. The quantitative estimate of drug-likeness (QED) is 0.305. The van der Waals surface area contributed by atoms with E-state index in [1.165, 1.54) is 19.3 Å². The van der Waals surface area contributed by atoms with Gasteiger partial charge in [-0.05, 0) is 32.1 Å². The highest BCUT2D eigenvalue weighted by molar-refractivity contribution is 8.02. The van der Waals surface area contributed by atoms with E-state index in [4.69, 9.17) is 10.2 Å². The van der Waals surface area contributed by atoms with E-state index in [2.05, 4.69) is 64.7 Å². The first-order valence-corrected chi connectivity index (χ1v) is 7.98. The molecule has 4 nitrogen and oxygen atoms in total. The van der Waals surface area contributed by atoms with Gasteiger partial charge in [-0.1, -0.05) is 25.5 Å². The summed E-state index contributed by atoms with van der Waals surface area (Å²) in [5.41, 5.74) is 1.55. The van der Waals surface area contributed by atoms with Crippen molar-refractivity contribution in [2.75, 3.05) is 0 Å². The predicted octanol–water partition coefficient (Wildman–Crippen LogP) is 3.54. The zero-order valence-electron chi connectivity index (χ0n) is 12.5. The molecule has 122 valence electrons. The van der Waals surface area contributed by atoms with Gasteiger partial charge in [-0.3, -0.25) is 4.79 Å². The number of carboxylic acids is 2. The van der Waals surface area contributed by atoms with Crippen molar-refractivity contribution >= 4 is 49.8 Å². The molecule has 0 radical (unpaired) electrons. The largest absolute Gasteiger partial charge is 0.481 e. The Balaban J connectivity index is 0.000000384. The van der Waals surface area contributed by atoms with Crippen LogP contribution in [0.4, 0.5) is 0 Å². The molecule has 0 aromatic heterocycles. The lowest BCUT2D eigenvalue weighted by molar-refractivity contribution is -0.143. The summed E-state index contributed by atoms with van der Waals surface area (Å²) in [6, 6.07) is 0. The minimum absolute atomic E-state index is 0.206. The van der Waals surface area contributed by atoms with Gasteiger partial charge < -0.3 is 10.2 Å². The molecule has 0 fully saturated rings. The summed E-state index contributed by atoms with van der Waals surface area (Å²) in [4.78, 5) is 20.1. The van der Waals surface area contributed by atoms with E-state index in [0.717, 1.165) is 5.92 Å². The van der Waals surface area contributed by atoms with Crippen molar-refractivity contribution in [2.45, 2.75) is 55.3 Å². The van der Waals surface area contributed by atoms with Gasteiger partial charge in [0.05, 0.1) is 6.42 Å². The van der Waals surface area contributed by atoms with Gasteiger partial charge in [0, 0.05) is 4.75 Å². The van der Waals surface area contributed by atoms with Crippen LogP contribution in [0.5, 0.6) is 0 Å². The summed E-state index contributed by atoms with van der Waals surface area (Å²) < 4.78 is -1.57. The lowest BCUT2D eigenvalue weighted by atomic mass is 9.82. The first-order chi connectivity index (χ1) is 9.36. The number of carbonyl (C=O) groups is 2. The van der Waals surface area contributed by atoms with Crippen molar-refractivity contribution in [3.05, 3.63) is 11.6 Å². The summed E-state index contributed by atoms with van der Waals surface area (Å²) >= 11 is 11.6. The van der Waals surface area contributed by atoms with E-state index < -0.39 is 22.4 Å². The van der Waals surface area contributed by atoms with Crippen LogP contribution in [0.15, 0.2) is 11.6 Å². The van der Waals surface area contributed by atoms with E-state index in [1.54, 1.807) is 5.57 Å². The molecule has 0 unspecified atom stereocenters. The molecule has 1 aliphatic rings. The Bertz CT molecular complexity index is 411. The van der Waals surface area contributed by atoms with Crippen LogP contribution in [0.25, 0.3) is 0 Å². The number of carboxylic acid groups (broad SMARTS) is 2. The van der Waals surface area contributed by atoms with E-state index in [9.17, 15) is 9.59 Å². The highest BCUT2D eigenvalue weighted by Crippen LogP contribution is 2.35. The Morgan fingerprint density at radius 1 is 1.29 bits per heavy atom. The molecule has 0 saturated heterocycles. The third-order valence-electron chi connectivity index (χ3n) is 3.38. The van der Waals surface area contributed by atoms with Crippen molar-refractivity contribution < 1.29 is 19.8 Å². The van der Waals surface area contributed by atoms with Gasteiger partial charge in [0.25, 0.3) is 0 Å². The Hall–Kier alpha value is -0.270. The summed E-state index contributed by atoms with van der Waals surface area (Å²) in [7, 11) is 0. The Morgan fingerprint density at radius 2 is 1.81 bits per heavy atom. The minimum atomic E-state index is -1.77. The molecular formula is C14H24O4S3. The van der Waals surface area contributed by atoms with Crippen LogP contribution < -0.4 is 0 Å². The normalized spacial score (nSPS) is 19.1. The average Bonchev–Trinajstić information content (AvgIpc) is 2.27. The van der Waals surface area contributed by atoms with Crippen molar-refractivity contribution in [1.82, 2.24) is 0 Å². The molecule has 7 heteroatoms. The third kappa shape index (κ3) is 8.68. The van der Waals surface area contributed by atoms with E-state index >= 15 is 0 Å². The number of thiol groups is 3. The Morgan fingerprint density at radius 3 is 2.05 bits per heavy atom. The summed E-state index contributed by atoms with van der Waals surface area (Å²) in [5.74, 6) is -1.83. The van der Waals surface area contributed by atoms with Crippen LogP contribution in [-0.4, -0.2) is 31.0 Å². The fourth-order valence-corrected chi connectivity index (χ4v) is 2.40. The maximum Gasteiger partial charge on any atom is 0.330 e. The van der Waals surface area contributed by atoms with Gasteiger partial charge in [-0.15, -0.1) is 25.3 Å². The molecule has 0 spiro atoms. The monoisotopic (exact) mass is 352 g/mol. The molecule has 1 atom stereocenters. The molecular weight excluding hydrogens is 328 g/mol. The van der Waals surface area contributed by atoms with E-state index in [1.807, 2.05) is 0 Å². The lowest BCUT2D eigenvalue weighted by Crippen LogP contribution is -2.28. The average molecular weight is 353 g/mol. The second-order valence-electron chi connectivity index (χ2n) is 5.87. The summed E-state index contributed by atoms with van der Waals surface area (Å²) in [6.07, 6.45) is 5.57. The molecule has 0 aromatic rings. The highest BCUT2D eigenvalue weighted by Gasteiger charge is 2.32. The van der Waals surface area contributed by atoms with E-state index in [-0.39, 0.29) is 4.75 Å². The number of allylic oxidation sites excluding steroid dienone is 2. The lowest BCUT2D eigenvalue weighted by Gasteiger charge is -2.31. The molecule has 1 rings (SSSR count). The maximum atomic E-state index is 10.1. The van der Waals surface area contributed by atoms with Crippen molar-refractivity contribution in [2.24, 2.45) is 5.92 Å². The van der Waals surface area contributed by atoms with Crippen LogP contribution in [0.3, 0.4) is 0 Å². The molecule has 0 amide bonds. The third-order valence-corrected chi connectivity index (χ3v) is 4.44. The summed E-state index contributed by atoms with van der Waals surface area (Å²) in [5, 5.41) is 16.4. The maximum absolute atomic E-state index is 10.1. The number of rotatable bonds is 4. The van der Waals surface area contributed by atoms with Crippen LogP contribution in [0.2, 0.25) is 0 Å². The standard InChI is InChI=1S/C10H18S.C4H6O4S2/c1-8-4-6-9(7-5-8)10(2,3)11;5-2(6)1-4(9,10)3(7)8/h4,9,11H,5-7H2,1-3H3;9-10H,1H2,(H,5,6)(H,7,8)/t9-;/m0./s1. The second kappa shape index (κ2) is 8.39. The number of hydrogen-bond donors (Lipinski definition) is 5. The summed E-state index contributed by atoms with van der Waals surface area (Å²) in [6.45, 7) is 6.66. The minimum Gasteiger partial charge on any atom is -0.481 e. The first-order valence-electron chi connectivity index (χ1n) is 6.64. The van der Waals surface area contributed by atoms with Crippen LogP contribution in [0, 0.1) is 5.92 Å². The number of aliphatic carboxylic acids is 2. The van der Waals surface area contributed by atoms with Gasteiger partial charge in [-0.2, -0.15) is 12.6 Å². The van der Waals surface area contributed by atoms with Gasteiger partial charge in [0.15, 0.2) is 4.08 Å². The fraction of sp³-hybridized carbons (Fsp3) is 0.714. The molecule has 0 aromatic carbocycles. The number of hydrogen-bond acceptors (Lipinski definition) is 5. The van der Waals surface area contributed by atoms with Crippen molar-refractivity contribution in [1.29, 1.82) is 0 Å². The van der Waals surface area contributed by atoms with Crippen molar-refractivity contribution in [3.8, 4) is 0 Å². The van der Waals surface area contributed by atoms with Crippen molar-refractivity contribution in [3.63, 3.8) is 0 Å². The molecule has 21 heavy (non-hydrogen) atoms. The van der Waals surface area contributed by atoms with Crippen LogP contribution in [-0.2, 0) is 9.59 Å². The SMILES string of the molecule is CC1=CC[C@H](C(C)(C)S)CC1.O=C(O)CC(S)(S)C(=O)O. The fourth-order valence-electron chi connectivity index (χ4n) is 1.89. The topological polar surface area (TPSA) is 74.6 Å². The molecule has 0 saturated carbocycles. The first kappa shape index (κ1) is 20.7. The molecule has 1 aliphatic carbocycles. The predicted molar refractivity (Wildman–Crippen MR) is 94.8 cm³/mol. The Kier molecular flexibility index (Phi) is 8.28.